The fourth-order valence-electron chi connectivity index (χ4n) is 4.19. The fourth-order valence-corrected chi connectivity index (χ4v) is 4.19. The third-order valence-electron chi connectivity index (χ3n) is 5.34. The second kappa shape index (κ2) is 5.11. The summed E-state index contributed by atoms with van der Waals surface area (Å²) in [6, 6.07) is 8.37. The summed E-state index contributed by atoms with van der Waals surface area (Å²) < 4.78 is 5.37. The Morgan fingerprint density at radius 3 is 3.10 bits per heavy atom. The number of morpholine rings is 1. The van der Waals surface area contributed by atoms with E-state index in [-0.39, 0.29) is 24.5 Å². The molecule has 21 heavy (non-hydrogen) atoms. The number of ether oxygens (including phenoxy) is 1. The van der Waals surface area contributed by atoms with Crippen molar-refractivity contribution in [3.8, 4) is 0 Å². The molecule has 4 nitrogen and oxygen atoms in total. The number of hydrogen-bond acceptors (Lipinski definition) is 3. The number of benzene rings is 1. The van der Waals surface area contributed by atoms with E-state index in [4.69, 9.17) is 4.74 Å². The number of aryl methyl sites for hydroxylation is 1. The van der Waals surface area contributed by atoms with E-state index >= 15 is 0 Å². The van der Waals surface area contributed by atoms with E-state index in [1.165, 1.54) is 11.1 Å². The Morgan fingerprint density at radius 2 is 2.24 bits per heavy atom. The summed E-state index contributed by atoms with van der Waals surface area (Å²) in [6.07, 6.45) is 2.21. The Labute approximate surface area is 124 Å². The van der Waals surface area contributed by atoms with Gasteiger partial charge in [-0.2, -0.15) is 0 Å². The molecular formula is C17H21NO3. The number of nitrogens with zero attached hydrogens (tertiary/aromatic N) is 1. The molecule has 2 fully saturated rings. The van der Waals surface area contributed by atoms with Gasteiger partial charge in [0.15, 0.2) is 0 Å². The smallest absolute Gasteiger partial charge is 0.227 e. The maximum absolute atomic E-state index is 12.9. The predicted molar refractivity (Wildman–Crippen MR) is 77.9 cm³/mol. The highest BCUT2D eigenvalue weighted by molar-refractivity contribution is 5.84. The Balaban J connectivity index is 1.55. The van der Waals surface area contributed by atoms with Crippen LogP contribution in [-0.2, 0) is 16.0 Å². The molecule has 112 valence electrons. The molecule has 4 heteroatoms. The van der Waals surface area contributed by atoms with Gasteiger partial charge in [-0.05, 0) is 35.8 Å². The molecule has 4 atom stereocenters. The van der Waals surface area contributed by atoms with Crippen LogP contribution in [0.4, 0.5) is 0 Å². The lowest BCUT2D eigenvalue weighted by atomic mass is 9.92. The van der Waals surface area contributed by atoms with Crippen molar-refractivity contribution in [3.05, 3.63) is 35.4 Å². The summed E-state index contributed by atoms with van der Waals surface area (Å²) in [5.74, 6) is 1.27. The van der Waals surface area contributed by atoms with Crippen molar-refractivity contribution < 1.29 is 14.6 Å². The Kier molecular flexibility index (Phi) is 3.23. The minimum atomic E-state index is -0.163. The highest BCUT2D eigenvalue weighted by Gasteiger charge is 2.58. The number of carbonyl (C=O) groups is 1. The first-order valence-corrected chi connectivity index (χ1v) is 7.88. The standard InChI is InChI=1S/C17H21NO3/c19-9-12-10-21-8-7-18(12)17(20)16-14-6-5-11-3-1-2-4-13(11)15(14)16/h1-4,12,14-16,19H,5-10H2. The maximum atomic E-state index is 12.9. The van der Waals surface area contributed by atoms with E-state index in [0.29, 0.717) is 31.6 Å². The molecule has 1 heterocycles. The molecule has 0 radical (unpaired) electrons. The Morgan fingerprint density at radius 1 is 1.38 bits per heavy atom. The molecule has 1 saturated carbocycles. The highest BCUT2D eigenvalue weighted by Crippen LogP contribution is 2.60. The molecule has 4 unspecified atom stereocenters. The molecule has 3 aliphatic rings. The second-order valence-corrected chi connectivity index (χ2v) is 6.40. The van der Waals surface area contributed by atoms with Gasteiger partial charge in [-0.3, -0.25) is 4.79 Å². The summed E-state index contributed by atoms with van der Waals surface area (Å²) in [6.45, 7) is 1.65. The quantitative estimate of drug-likeness (QED) is 0.888. The summed E-state index contributed by atoms with van der Waals surface area (Å²) in [7, 11) is 0. The van der Waals surface area contributed by atoms with Gasteiger partial charge in [0.05, 0.1) is 25.9 Å². The van der Waals surface area contributed by atoms with Crippen LogP contribution >= 0.6 is 0 Å². The SMILES string of the molecule is O=C(C1C2CCc3ccccc3C21)N1CCOCC1CO. The van der Waals surface area contributed by atoms with Crippen LogP contribution in [0.2, 0.25) is 0 Å². The topological polar surface area (TPSA) is 49.8 Å². The number of aliphatic hydroxyl groups excluding tert-OH is 1. The number of carbonyl (C=O) groups excluding carboxylic acids is 1. The lowest BCUT2D eigenvalue weighted by Crippen LogP contribution is -2.51. The van der Waals surface area contributed by atoms with Crippen molar-refractivity contribution >= 4 is 5.91 Å². The third kappa shape index (κ3) is 2.09. The average molecular weight is 287 g/mol. The van der Waals surface area contributed by atoms with Crippen LogP contribution in [0.1, 0.15) is 23.5 Å². The molecule has 4 rings (SSSR count). The van der Waals surface area contributed by atoms with Crippen molar-refractivity contribution in [2.45, 2.75) is 24.8 Å². The minimum Gasteiger partial charge on any atom is -0.394 e. The van der Waals surface area contributed by atoms with Gasteiger partial charge in [-0.25, -0.2) is 0 Å². The summed E-state index contributed by atoms with van der Waals surface area (Å²) in [5, 5.41) is 9.45. The molecule has 1 saturated heterocycles. The number of rotatable bonds is 2. The monoisotopic (exact) mass is 287 g/mol. The lowest BCUT2D eigenvalue weighted by Gasteiger charge is -2.34. The zero-order valence-electron chi connectivity index (χ0n) is 12.1. The minimum absolute atomic E-state index is 0.00954. The van der Waals surface area contributed by atoms with Crippen LogP contribution in [0.25, 0.3) is 0 Å². The zero-order valence-corrected chi connectivity index (χ0v) is 12.1. The largest absolute Gasteiger partial charge is 0.394 e. The maximum Gasteiger partial charge on any atom is 0.227 e. The van der Waals surface area contributed by atoms with Crippen molar-refractivity contribution in [2.24, 2.45) is 11.8 Å². The van der Waals surface area contributed by atoms with E-state index < -0.39 is 0 Å². The summed E-state index contributed by atoms with van der Waals surface area (Å²) in [4.78, 5) is 14.7. The summed E-state index contributed by atoms with van der Waals surface area (Å²) in [5.41, 5.74) is 2.79. The zero-order chi connectivity index (χ0) is 14.4. The molecule has 1 aliphatic heterocycles. The van der Waals surface area contributed by atoms with Crippen molar-refractivity contribution in [3.63, 3.8) is 0 Å². The predicted octanol–water partition coefficient (Wildman–Crippen LogP) is 1.18. The van der Waals surface area contributed by atoms with E-state index in [2.05, 4.69) is 24.3 Å². The molecule has 1 aromatic rings. The third-order valence-corrected chi connectivity index (χ3v) is 5.34. The molecular weight excluding hydrogens is 266 g/mol. The Bertz CT molecular complexity index is 559. The first kappa shape index (κ1) is 13.3. The molecule has 2 aliphatic carbocycles. The highest BCUT2D eigenvalue weighted by atomic mass is 16.5. The molecule has 1 amide bonds. The number of hydrogen-bond donors (Lipinski definition) is 1. The normalized spacial score (nSPS) is 34.0. The van der Waals surface area contributed by atoms with Gasteiger partial charge in [0.25, 0.3) is 0 Å². The second-order valence-electron chi connectivity index (χ2n) is 6.40. The average Bonchev–Trinajstić information content (AvgIpc) is 3.29. The van der Waals surface area contributed by atoms with Crippen molar-refractivity contribution in [1.29, 1.82) is 0 Å². The molecule has 1 N–H and O–H groups in total. The van der Waals surface area contributed by atoms with Gasteiger partial charge in [0.1, 0.15) is 0 Å². The van der Waals surface area contributed by atoms with E-state index in [1.807, 2.05) is 4.90 Å². The van der Waals surface area contributed by atoms with Gasteiger partial charge in [-0.1, -0.05) is 24.3 Å². The van der Waals surface area contributed by atoms with Gasteiger partial charge in [0.2, 0.25) is 5.91 Å². The van der Waals surface area contributed by atoms with Gasteiger partial charge in [0, 0.05) is 12.5 Å². The van der Waals surface area contributed by atoms with Crippen LogP contribution in [0, 0.1) is 11.8 Å². The van der Waals surface area contributed by atoms with Crippen molar-refractivity contribution in [1.82, 2.24) is 4.90 Å². The molecule has 1 aromatic carbocycles. The van der Waals surface area contributed by atoms with E-state index in [0.717, 1.165) is 12.8 Å². The number of aliphatic hydroxyl groups is 1. The van der Waals surface area contributed by atoms with Gasteiger partial charge < -0.3 is 14.7 Å². The van der Waals surface area contributed by atoms with Crippen LogP contribution < -0.4 is 0 Å². The Hall–Kier alpha value is -1.39. The van der Waals surface area contributed by atoms with E-state index in [1.54, 1.807) is 0 Å². The molecule has 0 bridgehead atoms. The fraction of sp³-hybridized carbons (Fsp3) is 0.588. The van der Waals surface area contributed by atoms with Crippen LogP contribution in [0.15, 0.2) is 24.3 Å². The van der Waals surface area contributed by atoms with Gasteiger partial charge >= 0.3 is 0 Å². The number of fused-ring (bicyclic) bond motifs is 3. The van der Waals surface area contributed by atoms with Gasteiger partial charge in [-0.15, -0.1) is 0 Å². The molecule has 0 spiro atoms. The number of amides is 1. The van der Waals surface area contributed by atoms with Crippen LogP contribution in [0.3, 0.4) is 0 Å². The first-order valence-electron chi connectivity index (χ1n) is 7.88. The first-order chi connectivity index (χ1) is 10.3. The van der Waals surface area contributed by atoms with Crippen LogP contribution in [0.5, 0.6) is 0 Å². The lowest BCUT2D eigenvalue weighted by molar-refractivity contribution is -0.143. The van der Waals surface area contributed by atoms with Crippen LogP contribution in [-0.4, -0.2) is 48.3 Å². The van der Waals surface area contributed by atoms with Crippen molar-refractivity contribution in [2.75, 3.05) is 26.4 Å². The summed E-state index contributed by atoms with van der Waals surface area (Å²) >= 11 is 0. The van der Waals surface area contributed by atoms with E-state index in [9.17, 15) is 9.90 Å². The molecule has 0 aromatic heterocycles.